The lowest BCUT2D eigenvalue weighted by molar-refractivity contribution is 0.656. The molecule has 3 nitrogen and oxygen atoms in total. The van der Waals surface area contributed by atoms with Crippen molar-refractivity contribution in [2.24, 2.45) is 0 Å². The minimum absolute atomic E-state index is 0.643. The number of hydrogen-bond acceptors (Lipinski definition) is 3. The van der Waals surface area contributed by atoms with Crippen LogP contribution in [0.4, 0.5) is 17.1 Å². The van der Waals surface area contributed by atoms with Gasteiger partial charge in [0.05, 0.1) is 11.2 Å². The van der Waals surface area contributed by atoms with Gasteiger partial charge in [0.2, 0.25) is 5.71 Å². The van der Waals surface area contributed by atoms with Crippen LogP contribution in [0.2, 0.25) is 0 Å². The van der Waals surface area contributed by atoms with Gasteiger partial charge in [0.1, 0.15) is 5.58 Å². The molecule has 0 aliphatic heterocycles. The van der Waals surface area contributed by atoms with Crippen LogP contribution in [0.15, 0.2) is 186 Å². The van der Waals surface area contributed by atoms with Gasteiger partial charge in [-0.2, -0.15) is 0 Å². The lowest BCUT2D eigenvalue weighted by atomic mass is 10.00. The number of nitrogens with zero attached hydrogens (tertiary/aromatic N) is 2. The van der Waals surface area contributed by atoms with E-state index in [9.17, 15) is 0 Å². The summed E-state index contributed by atoms with van der Waals surface area (Å²) in [7, 11) is 0. The number of aromatic nitrogens is 1. The fourth-order valence-corrected chi connectivity index (χ4v) is 6.65. The van der Waals surface area contributed by atoms with E-state index in [2.05, 4.69) is 157 Å². The molecule has 9 rings (SSSR count). The zero-order chi connectivity index (χ0) is 31.9. The topological polar surface area (TPSA) is 29.3 Å². The van der Waals surface area contributed by atoms with Gasteiger partial charge in [-0.15, -0.1) is 0 Å². The molecule has 0 radical (unpaired) electrons. The summed E-state index contributed by atoms with van der Waals surface area (Å²) in [5.74, 6) is 0. The third kappa shape index (κ3) is 4.99. The Kier molecular flexibility index (Phi) is 6.80. The summed E-state index contributed by atoms with van der Waals surface area (Å²) in [4.78, 5) is 7.43. The number of furan rings is 1. The van der Waals surface area contributed by atoms with Crippen molar-refractivity contribution in [2.75, 3.05) is 4.90 Å². The molecule has 226 valence electrons. The average molecular weight is 615 g/mol. The number of rotatable bonds is 6. The highest BCUT2D eigenvalue weighted by Gasteiger charge is 2.19. The maximum absolute atomic E-state index is 6.24. The molecular weight excluding hydrogens is 585 g/mol. The van der Waals surface area contributed by atoms with E-state index in [0.717, 1.165) is 49.9 Å². The largest absolute Gasteiger partial charge is 0.438 e. The highest BCUT2D eigenvalue weighted by molar-refractivity contribution is 6.09. The van der Waals surface area contributed by atoms with Gasteiger partial charge in [0.25, 0.3) is 0 Å². The van der Waals surface area contributed by atoms with E-state index in [4.69, 9.17) is 9.40 Å². The van der Waals surface area contributed by atoms with E-state index < -0.39 is 0 Å². The fourth-order valence-electron chi connectivity index (χ4n) is 6.65. The van der Waals surface area contributed by atoms with E-state index in [0.29, 0.717) is 5.71 Å². The fraction of sp³-hybridized carbons (Fsp3) is 0. The zero-order valence-electron chi connectivity index (χ0n) is 26.1. The molecule has 0 atom stereocenters. The second-order valence-corrected chi connectivity index (χ2v) is 12.0. The van der Waals surface area contributed by atoms with Crippen molar-refractivity contribution in [3.63, 3.8) is 0 Å². The van der Waals surface area contributed by atoms with Crippen LogP contribution in [-0.2, 0) is 0 Å². The Labute approximate surface area is 279 Å². The Morgan fingerprint density at radius 2 is 0.875 bits per heavy atom. The Morgan fingerprint density at radius 1 is 0.396 bits per heavy atom. The van der Waals surface area contributed by atoms with Gasteiger partial charge in [-0.25, -0.2) is 4.98 Å². The molecule has 2 heterocycles. The normalized spacial score (nSPS) is 11.3. The second kappa shape index (κ2) is 11.7. The molecule has 0 fully saturated rings. The molecule has 48 heavy (non-hydrogen) atoms. The van der Waals surface area contributed by atoms with Crippen LogP contribution in [0, 0.1) is 0 Å². The van der Waals surface area contributed by atoms with Crippen LogP contribution in [0.5, 0.6) is 0 Å². The summed E-state index contributed by atoms with van der Waals surface area (Å²) in [6.07, 6.45) is 0. The number of fused-ring (bicyclic) bond motifs is 4. The molecule has 0 aliphatic rings. The minimum atomic E-state index is 0.643. The number of anilines is 3. The summed E-state index contributed by atoms with van der Waals surface area (Å²) >= 11 is 0. The zero-order valence-corrected chi connectivity index (χ0v) is 26.1. The van der Waals surface area contributed by atoms with Crippen molar-refractivity contribution in [3.8, 4) is 33.4 Å². The van der Waals surface area contributed by atoms with Gasteiger partial charge in [-0.1, -0.05) is 140 Å². The Bertz CT molecular complexity index is 2520. The summed E-state index contributed by atoms with van der Waals surface area (Å²) in [6.45, 7) is 0. The number of pyridine rings is 1. The van der Waals surface area contributed by atoms with E-state index >= 15 is 0 Å². The van der Waals surface area contributed by atoms with Crippen LogP contribution >= 0.6 is 0 Å². The first-order valence-electron chi connectivity index (χ1n) is 16.2. The van der Waals surface area contributed by atoms with Crippen LogP contribution in [-0.4, -0.2) is 4.98 Å². The van der Waals surface area contributed by atoms with Crippen molar-refractivity contribution in [1.29, 1.82) is 0 Å². The van der Waals surface area contributed by atoms with Gasteiger partial charge >= 0.3 is 0 Å². The lowest BCUT2D eigenvalue weighted by Gasteiger charge is -2.26. The van der Waals surface area contributed by atoms with Crippen LogP contribution in [0.25, 0.3) is 66.4 Å². The molecule has 0 N–H and O–H groups in total. The van der Waals surface area contributed by atoms with Gasteiger partial charge in [-0.05, 0) is 75.8 Å². The van der Waals surface area contributed by atoms with Crippen molar-refractivity contribution < 1.29 is 4.42 Å². The van der Waals surface area contributed by atoms with Crippen LogP contribution in [0.1, 0.15) is 0 Å². The molecule has 0 amide bonds. The quantitative estimate of drug-likeness (QED) is 0.187. The Morgan fingerprint density at radius 3 is 1.44 bits per heavy atom. The number of hydrogen-bond donors (Lipinski definition) is 0. The van der Waals surface area contributed by atoms with Crippen LogP contribution < -0.4 is 4.90 Å². The van der Waals surface area contributed by atoms with Gasteiger partial charge in [0.15, 0.2) is 0 Å². The van der Waals surface area contributed by atoms with Crippen molar-refractivity contribution >= 4 is 50.0 Å². The molecule has 0 spiro atoms. The summed E-state index contributed by atoms with van der Waals surface area (Å²) in [5, 5.41) is 3.16. The minimum Gasteiger partial charge on any atom is -0.438 e. The third-order valence-electron chi connectivity index (χ3n) is 9.10. The first-order chi connectivity index (χ1) is 23.8. The first kappa shape index (κ1) is 27.8. The first-order valence-corrected chi connectivity index (χ1v) is 16.2. The predicted octanol–water partition coefficient (Wildman–Crippen LogP) is 12.6. The monoisotopic (exact) mass is 614 g/mol. The van der Waals surface area contributed by atoms with E-state index in [1.165, 1.54) is 27.8 Å². The highest BCUT2D eigenvalue weighted by Crippen LogP contribution is 2.41. The maximum atomic E-state index is 6.24. The van der Waals surface area contributed by atoms with Crippen molar-refractivity contribution in [3.05, 3.63) is 182 Å². The highest BCUT2D eigenvalue weighted by atomic mass is 16.3. The standard InChI is InChI=1S/C45H30N2O/c1-3-10-31(11-4-1)33-18-20-34(21-19-33)36-24-28-39(29-25-36)47(38-26-22-35(23-27-38)32-12-5-2-6-13-32)42-16-9-14-37-30-41-40-15-7-8-17-43(40)48-45(41)46-44(37)42/h1-30H. The van der Waals surface area contributed by atoms with Gasteiger partial charge in [0, 0.05) is 27.5 Å². The molecule has 9 aromatic rings. The van der Waals surface area contributed by atoms with E-state index in [-0.39, 0.29) is 0 Å². The van der Waals surface area contributed by atoms with E-state index in [1.807, 2.05) is 30.3 Å². The molecule has 7 aromatic carbocycles. The smallest absolute Gasteiger partial charge is 0.227 e. The predicted molar refractivity (Wildman–Crippen MR) is 200 cm³/mol. The lowest BCUT2D eigenvalue weighted by Crippen LogP contribution is -2.11. The van der Waals surface area contributed by atoms with Crippen LogP contribution in [0.3, 0.4) is 0 Å². The molecule has 0 bridgehead atoms. The average Bonchev–Trinajstić information content (AvgIpc) is 3.53. The SMILES string of the molecule is c1ccc(-c2ccc(-c3ccc(N(c4ccc(-c5ccccc5)cc4)c4cccc5cc6c(nc45)oc4ccccc46)cc3)cc2)cc1. The molecular formula is C45H30N2O. The molecule has 0 unspecified atom stereocenters. The second-order valence-electron chi connectivity index (χ2n) is 12.0. The maximum Gasteiger partial charge on any atom is 0.227 e. The van der Waals surface area contributed by atoms with Crippen molar-refractivity contribution in [2.45, 2.75) is 0 Å². The third-order valence-corrected chi connectivity index (χ3v) is 9.10. The molecule has 2 aromatic heterocycles. The van der Waals surface area contributed by atoms with Crippen molar-refractivity contribution in [1.82, 2.24) is 4.98 Å². The molecule has 0 saturated heterocycles. The Hall–Kier alpha value is -6.45. The van der Waals surface area contributed by atoms with E-state index in [1.54, 1.807) is 0 Å². The molecule has 3 heteroatoms. The number of para-hydroxylation sites is 2. The van der Waals surface area contributed by atoms with Gasteiger partial charge < -0.3 is 9.32 Å². The Balaban J connectivity index is 1.15. The summed E-state index contributed by atoms with van der Waals surface area (Å²) in [6, 6.07) is 64.1. The molecule has 0 aliphatic carbocycles. The summed E-state index contributed by atoms with van der Waals surface area (Å²) < 4.78 is 6.24. The molecule has 0 saturated carbocycles. The summed E-state index contributed by atoms with van der Waals surface area (Å²) in [5.41, 5.74) is 12.6. The number of benzene rings is 7. The van der Waals surface area contributed by atoms with Gasteiger partial charge in [-0.3, -0.25) is 0 Å².